The number of hydrogen-bond acceptors (Lipinski definition) is 3. The highest BCUT2D eigenvalue weighted by Gasteiger charge is 2.19. The van der Waals surface area contributed by atoms with Gasteiger partial charge >= 0.3 is 6.61 Å². The molecule has 0 heterocycles. The molecule has 0 aliphatic heterocycles. The van der Waals surface area contributed by atoms with Crippen LogP contribution in [0, 0.1) is 5.92 Å². The van der Waals surface area contributed by atoms with Crippen molar-refractivity contribution in [1.29, 1.82) is 0 Å². The van der Waals surface area contributed by atoms with E-state index in [9.17, 15) is 13.6 Å². The number of nitrogens with two attached hydrogens (primary N) is 1. The first-order valence-corrected chi connectivity index (χ1v) is 6.51. The summed E-state index contributed by atoms with van der Waals surface area (Å²) in [6, 6.07) is 5.72. The van der Waals surface area contributed by atoms with E-state index in [0.29, 0.717) is 5.56 Å². The van der Waals surface area contributed by atoms with E-state index in [1.165, 1.54) is 6.07 Å². The molecule has 1 amide bonds. The van der Waals surface area contributed by atoms with E-state index in [0.717, 1.165) is 6.42 Å². The maximum atomic E-state index is 12.2. The second-order valence-electron chi connectivity index (χ2n) is 4.62. The van der Waals surface area contributed by atoms with Crippen LogP contribution in [0.15, 0.2) is 24.3 Å². The van der Waals surface area contributed by atoms with Crippen LogP contribution in [0.5, 0.6) is 5.75 Å². The minimum Gasteiger partial charge on any atom is -0.434 e. The standard InChI is InChI=1S/C14H20F2N2O2/c1-3-9(2)12(17)13(19)18-8-10-6-4-5-7-11(10)20-14(15)16/h4-7,9,12,14H,3,8,17H2,1-2H3,(H,18,19)/t9?,12-/m0/s1. The van der Waals surface area contributed by atoms with Crippen LogP contribution in [0.2, 0.25) is 0 Å². The first-order valence-electron chi connectivity index (χ1n) is 6.51. The third-order valence-corrected chi connectivity index (χ3v) is 3.20. The molecule has 3 N–H and O–H groups in total. The Morgan fingerprint density at radius 2 is 2.05 bits per heavy atom. The average molecular weight is 286 g/mol. The lowest BCUT2D eigenvalue weighted by Crippen LogP contribution is -2.44. The number of halogens is 2. The van der Waals surface area contributed by atoms with Gasteiger partial charge < -0.3 is 15.8 Å². The van der Waals surface area contributed by atoms with Crippen LogP contribution in [-0.2, 0) is 11.3 Å². The highest BCUT2D eigenvalue weighted by Crippen LogP contribution is 2.20. The van der Waals surface area contributed by atoms with Gasteiger partial charge in [-0.05, 0) is 12.0 Å². The molecule has 1 rings (SSSR count). The number of nitrogens with one attached hydrogen (secondary N) is 1. The molecule has 0 aliphatic rings. The van der Waals surface area contributed by atoms with Crippen molar-refractivity contribution in [3.05, 3.63) is 29.8 Å². The molecule has 112 valence electrons. The molecule has 2 atom stereocenters. The molecule has 1 unspecified atom stereocenters. The molecular formula is C14H20F2N2O2. The molecule has 0 radical (unpaired) electrons. The third kappa shape index (κ3) is 4.77. The average Bonchev–Trinajstić information content (AvgIpc) is 2.43. The van der Waals surface area contributed by atoms with Crippen molar-refractivity contribution in [3.8, 4) is 5.75 Å². The van der Waals surface area contributed by atoms with Crippen molar-refractivity contribution in [2.45, 2.75) is 39.5 Å². The number of alkyl halides is 2. The highest BCUT2D eigenvalue weighted by molar-refractivity contribution is 5.81. The summed E-state index contributed by atoms with van der Waals surface area (Å²) in [6.45, 7) is 1.04. The van der Waals surface area contributed by atoms with E-state index < -0.39 is 12.7 Å². The van der Waals surface area contributed by atoms with Crippen LogP contribution in [0.1, 0.15) is 25.8 Å². The molecule has 0 fully saturated rings. The topological polar surface area (TPSA) is 64.4 Å². The van der Waals surface area contributed by atoms with Crippen molar-refractivity contribution in [1.82, 2.24) is 5.32 Å². The Kier molecular flexibility index (Phi) is 6.38. The molecule has 0 bridgehead atoms. The number of hydrogen-bond donors (Lipinski definition) is 2. The first kappa shape index (κ1) is 16.4. The predicted octanol–water partition coefficient (Wildman–Crippen LogP) is 2.28. The number of carbonyl (C=O) groups is 1. The minimum absolute atomic E-state index is 0.0555. The van der Waals surface area contributed by atoms with Gasteiger partial charge in [-0.15, -0.1) is 0 Å². The van der Waals surface area contributed by atoms with Gasteiger partial charge in [0.2, 0.25) is 5.91 Å². The quantitative estimate of drug-likeness (QED) is 0.808. The molecule has 6 heteroatoms. The van der Waals surface area contributed by atoms with Gasteiger partial charge in [0.15, 0.2) is 0 Å². The SMILES string of the molecule is CCC(C)[C@H](N)C(=O)NCc1ccccc1OC(F)F. The van der Waals surface area contributed by atoms with Gasteiger partial charge in [0.1, 0.15) is 5.75 Å². The summed E-state index contributed by atoms with van der Waals surface area (Å²) in [5.41, 5.74) is 6.27. The van der Waals surface area contributed by atoms with Crippen molar-refractivity contribution in [2.75, 3.05) is 0 Å². The molecular weight excluding hydrogens is 266 g/mol. The lowest BCUT2D eigenvalue weighted by molar-refractivity contribution is -0.123. The Labute approximate surface area is 117 Å². The Hall–Kier alpha value is -1.69. The summed E-state index contributed by atoms with van der Waals surface area (Å²) >= 11 is 0. The van der Waals surface area contributed by atoms with E-state index in [-0.39, 0.29) is 24.1 Å². The summed E-state index contributed by atoms with van der Waals surface area (Å²) in [6.07, 6.45) is 0.791. The molecule has 0 aliphatic carbocycles. The normalized spacial score (nSPS) is 13.9. The fourth-order valence-corrected chi connectivity index (χ4v) is 1.67. The second-order valence-corrected chi connectivity index (χ2v) is 4.62. The van der Waals surface area contributed by atoms with Gasteiger partial charge in [0.25, 0.3) is 0 Å². The van der Waals surface area contributed by atoms with Gasteiger partial charge in [-0.25, -0.2) is 0 Å². The zero-order valence-electron chi connectivity index (χ0n) is 11.6. The number of amides is 1. The molecule has 20 heavy (non-hydrogen) atoms. The van der Waals surface area contributed by atoms with Crippen LogP contribution in [0.3, 0.4) is 0 Å². The molecule has 0 saturated carbocycles. The number of rotatable bonds is 7. The Bertz CT molecular complexity index is 441. The monoisotopic (exact) mass is 286 g/mol. The van der Waals surface area contributed by atoms with Crippen molar-refractivity contribution in [2.24, 2.45) is 11.7 Å². The Morgan fingerprint density at radius 3 is 2.65 bits per heavy atom. The van der Waals surface area contributed by atoms with Crippen LogP contribution >= 0.6 is 0 Å². The molecule has 0 spiro atoms. The maximum Gasteiger partial charge on any atom is 0.387 e. The fourth-order valence-electron chi connectivity index (χ4n) is 1.67. The van der Waals surface area contributed by atoms with Crippen LogP contribution in [-0.4, -0.2) is 18.6 Å². The lowest BCUT2D eigenvalue weighted by atomic mass is 9.99. The molecule has 1 aromatic carbocycles. The summed E-state index contributed by atoms with van der Waals surface area (Å²) < 4.78 is 28.9. The van der Waals surface area contributed by atoms with Crippen LogP contribution in [0.4, 0.5) is 8.78 Å². The van der Waals surface area contributed by atoms with Crippen LogP contribution < -0.4 is 15.8 Å². The summed E-state index contributed by atoms with van der Waals surface area (Å²) in [5.74, 6) is -0.186. The summed E-state index contributed by atoms with van der Waals surface area (Å²) in [5, 5.41) is 2.64. The Balaban J connectivity index is 2.63. The first-order chi connectivity index (χ1) is 9.45. The van der Waals surface area contributed by atoms with Gasteiger partial charge in [-0.2, -0.15) is 8.78 Å². The number of carbonyl (C=O) groups excluding carboxylic acids is 1. The van der Waals surface area contributed by atoms with Crippen molar-refractivity contribution < 1.29 is 18.3 Å². The van der Waals surface area contributed by atoms with Gasteiger partial charge in [-0.1, -0.05) is 38.5 Å². The number of para-hydroxylation sites is 1. The van der Waals surface area contributed by atoms with Gasteiger partial charge in [0.05, 0.1) is 6.04 Å². The molecule has 0 aromatic heterocycles. The lowest BCUT2D eigenvalue weighted by Gasteiger charge is -2.18. The third-order valence-electron chi connectivity index (χ3n) is 3.20. The second kappa shape index (κ2) is 7.79. The molecule has 4 nitrogen and oxygen atoms in total. The maximum absolute atomic E-state index is 12.2. The predicted molar refractivity (Wildman–Crippen MR) is 72.4 cm³/mol. The zero-order chi connectivity index (χ0) is 15.1. The number of benzene rings is 1. The van der Waals surface area contributed by atoms with Crippen molar-refractivity contribution >= 4 is 5.91 Å². The highest BCUT2D eigenvalue weighted by atomic mass is 19.3. The van der Waals surface area contributed by atoms with E-state index in [4.69, 9.17) is 5.73 Å². The summed E-state index contributed by atoms with van der Waals surface area (Å²) in [7, 11) is 0. The molecule has 0 saturated heterocycles. The largest absolute Gasteiger partial charge is 0.434 e. The minimum atomic E-state index is -2.89. The van der Waals surface area contributed by atoms with Gasteiger partial charge in [-0.3, -0.25) is 4.79 Å². The van der Waals surface area contributed by atoms with E-state index in [1.54, 1.807) is 18.2 Å². The van der Waals surface area contributed by atoms with Crippen molar-refractivity contribution in [3.63, 3.8) is 0 Å². The number of ether oxygens (including phenoxy) is 1. The molecule has 1 aromatic rings. The Morgan fingerprint density at radius 1 is 1.40 bits per heavy atom. The van der Waals surface area contributed by atoms with Gasteiger partial charge in [0, 0.05) is 12.1 Å². The zero-order valence-corrected chi connectivity index (χ0v) is 11.6. The smallest absolute Gasteiger partial charge is 0.387 e. The van der Waals surface area contributed by atoms with E-state index in [2.05, 4.69) is 10.1 Å². The van der Waals surface area contributed by atoms with E-state index >= 15 is 0 Å². The van der Waals surface area contributed by atoms with E-state index in [1.807, 2.05) is 13.8 Å². The van der Waals surface area contributed by atoms with Crippen LogP contribution in [0.25, 0.3) is 0 Å². The summed E-state index contributed by atoms with van der Waals surface area (Å²) in [4.78, 5) is 11.8. The fraction of sp³-hybridized carbons (Fsp3) is 0.500.